The van der Waals surface area contributed by atoms with Gasteiger partial charge >= 0.3 is 0 Å². The van der Waals surface area contributed by atoms with Crippen LogP contribution in [0.1, 0.15) is 17.1 Å². The van der Waals surface area contributed by atoms with Crippen molar-refractivity contribution in [2.75, 3.05) is 48.0 Å². The largest absolute Gasteiger partial charge is 0.378 e. The minimum atomic E-state index is -0.407. The molecule has 6 aliphatic rings. The third-order valence-electron chi connectivity index (χ3n) is 9.83. The van der Waals surface area contributed by atoms with Gasteiger partial charge in [-0.3, -0.25) is 4.79 Å². The van der Waals surface area contributed by atoms with Crippen molar-refractivity contribution in [3.8, 4) is 10.6 Å². The second kappa shape index (κ2) is 9.19. The quantitative estimate of drug-likeness (QED) is 0.427. The van der Waals surface area contributed by atoms with E-state index in [0.29, 0.717) is 49.6 Å². The molecule has 4 unspecified atom stereocenters. The number of carbonyl (C=O) groups is 1. The van der Waals surface area contributed by atoms with Crippen molar-refractivity contribution in [2.45, 2.75) is 44.6 Å². The van der Waals surface area contributed by atoms with E-state index in [1.54, 1.807) is 28.9 Å². The Bertz CT molecular complexity index is 1720. The number of amides is 1. The molecular weight excluding hydrogens is 590 g/mol. The van der Waals surface area contributed by atoms with E-state index in [2.05, 4.69) is 35.4 Å². The van der Waals surface area contributed by atoms with Gasteiger partial charge in [-0.1, -0.05) is 0 Å². The monoisotopic (exact) mass is 619 g/mol. The van der Waals surface area contributed by atoms with Crippen LogP contribution in [0.5, 0.6) is 0 Å². The summed E-state index contributed by atoms with van der Waals surface area (Å²) in [5, 5.41) is 10.6. The minimum absolute atomic E-state index is 0.0567. The van der Waals surface area contributed by atoms with E-state index in [4.69, 9.17) is 9.72 Å². The third-order valence-corrected chi connectivity index (χ3v) is 11.7. The predicted molar refractivity (Wildman–Crippen MR) is 162 cm³/mol. The first-order valence-corrected chi connectivity index (χ1v) is 16.4. The molecule has 7 heterocycles. The summed E-state index contributed by atoms with van der Waals surface area (Å²) in [6.07, 6.45) is 7.79. The maximum Gasteiger partial charge on any atom is 0.255 e. The van der Waals surface area contributed by atoms with Gasteiger partial charge < -0.3 is 30.1 Å². The van der Waals surface area contributed by atoms with Crippen molar-refractivity contribution in [1.29, 1.82) is 0 Å². The van der Waals surface area contributed by atoms with Gasteiger partial charge in [0.1, 0.15) is 6.17 Å². The molecule has 3 saturated heterocycles. The van der Waals surface area contributed by atoms with Crippen molar-refractivity contribution < 1.29 is 13.9 Å². The number of hydrogen-bond donors (Lipinski definition) is 2. The number of fused-ring (bicyclic) bond motifs is 2. The van der Waals surface area contributed by atoms with E-state index in [1.807, 2.05) is 36.3 Å². The van der Waals surface area contributed by atoms with Crippen LogP contribution in [0.25, 0.3) is 10.6 Å². The zero-order valence-electron chi connectivity index (χ0n) is 23.7. The first kappa shape index (κ1) is 25.8. The van der Waals surface area contributed by atoms with Gasteiger partial charge in [-0.25, -0.2) is 19.3 Å². The molecule has 1 amide bonds. The highest BCUT2D eigenvalue weighted by molar-refractivity contribution is 7.16. The number of anilines is 3. The topological polar surface area (TPSA) is 112 Å². The molecule has 3 aromatic rings. The lowest BCUT2D eigenvalue weighted by Gasteiger charge is -2.32. The summed E-state index contributed by atoms with van der Waals surface area (Å²) in [5.74, 6) is 1.08. The van der Waals surface area contributed by atoms with E-state index < -0.39 is 5.82 Å². The average molecular weight is 620 g/mol. The number of aryl methyl sites for hydroxylation is 2. The van der Waals surface area contributed by atoms with Crippen LogP contribution in [0.2, 0.25) is 0 Å². The summed E-state index contributed by atoms with van der Waals surface area (Å²) in [7, 11) is 0. The van der Waals surface area contributed by atoms with Crippen LogP contribution >= 0.6 is 22.7 Å². The number of nitrogens with one attached hydrogen (secondary N) is 2. The Morgan fingerprint density at radius 3 is 2.79 bits per heavy atom. The minimum Gasteiger partial charge on any atom is -0.378 e. The van der Waals surface area contributed by atoms with Gasteiger partial charge in [0.15, 0.2) is 16.8 Å². The highest BCUT2D eigenvalue weighted by atomic mass is 32.1. The summed E-state index contributed by atoms with van der Waals surface area (Å²) in [4.78, 5) is 39.4. The molecule has 3 aromatic heterocycles. The molecule has 9 rings (SSSR count). The fraction of sp³-hybridized carbons (Fsp3) is 0.483. The molecule has 2 N–H and O–H groups in total. The van der Waals surface area contributed by atoms with Crippen LogP contribution in [0.4, 0.5) is 21.3 Å². The zero-order valence-corrected chi connectivity index (χ0v) is 25.3. The number of nitrogens with zero attached hydrogens (tertiary/aromatic N) is 7. The standard InChI is InChI=1S/C29H30FN9O2S2/c1-14-21(43-15(2)33-14)19-13-42-28(34-19)35-20-4-3-16(11-31-20)26(40)39-22-17-5-6-38(23-24(39)29(17,22)23)27-32-12-18(30)25(36-27)37-7-9-41-10-8-37/h3-4,11-13,17,20,22-24,31H,5-10H2,1-2H3,(H,34,35)/t17?,20?,22-,23?,24+,29?/m0/s1. The maximum absolute atomic E-state index is 14.7. The van der Waals surface area contributed by atoms with Crippen molar-refractivity contribution in [1.82, 2.24) is 30.2 Å². The van der Waals surface area contributed by atoms with Crippen LogP contribution < -0.4 is 20.4 Å². The Labute approximate surface area is 255 Å². The first-order chi connectivity index (χ1) is 20.9. The van der Waals surface area contributed by atoms with Crippen LogP contribution in [-0.2, 0) is 9.53 Å². The highest BCUT2D eigenvalue weighted by Gasteiger charge is 2.99. The molecular formula is C29H30FN9O2S2. The van der Waals surface area contributed by atoms with Crippen molar-refractivity contribution in [2.24, 2.45) is 11.3 Å². The molecule has 5 fully saturated rings. The van der Waals surface area contributed by atoms with E-state index in [1.165, 1.54) is 6.20 Å². The van der Waals surface area contributed by atoms with Gasteiger partial charge in [0, 0.05) is 42.7 Å². The second-order valence-electron chi connectivity index (χ2n) is 12.0. The van der Waals surface area contributed by atoms with Crippen molar-refractivity contribution >= 4 is 45.5 Å². The van der Waals surface area contributed by atoms with E-state index in [0.717, 1.165) is 39.4 Å². The normalized spacial score (nSPS) is 31.5. The molecule has 0 aromatic carbocycles. The molecule has 222 valence electrons. The molecule has 6 atom stereocenters. The number of aromatic nitrogens is 4. The number of carbonyl (C=O) groups excluding carboxylic acids is 1. The van der Waals surface area contributed by atoms with Gasteiger partial charge in [0.25, 0.3) is 5.91 Å². The molecule has 1 spiro atoms. The lowest BCUT2D eigenvalue weighted by atomic mass is 10.1. The fourth-order valence-corrected chi connectivity index (χ4v) is 9.70. The first-order valence-electron chi connectivity index (χ1n) is 14.7. The molecule has 2 aliphatic carbocycles. The maximum atomic E-state index is 14.7. The number of hydrogen-bond acceptors (Lipinski definition) is 12. The Balaban J connectivity index is 0.867. The second-order valence-corrected chi connectivity index (χ2v) is 14.1. The van der Waals surface area contributed by atoms with Gasteiger partial charge in [0.2, 0.25) is 5.95 Å². The molecule has 2 saturated carbocycles. The number of piperidine rings is 2. The summed E-state index contributed by atoms with van der Waals surface area (Å²) >= 11 is 3.20. The number of ether oxygens (including phenoxy) is 1. The average Bonchev–Trinajstić information content (AvgIpc) is 3.54. The Morgan fingerprint density at radius 2 is 2.02 bits per heavy atom. The highest BCUT2D eigenvalue weighted by Crippen LogP contribution is 2.86. The molecule has 43 heavy (non-hydrogen) atoms. The summed E-state index contributed by atoms with van der Waals surface area (Å²) in [6.45, 7) is 7.19. The number of dihydropyridines is 1. The lowest BCUT2D eigenvalue weighted by molar-refractivity contribution is -0.131. The van der Waals surface area contributed by atoms with E-state index in [9.17, 15) is 9.18 Å². The Morgan fingerprint density at radius 1 is 1.16 bits per heavy atom. The predicted octanol–water partition coefficient (Wildman–Crippen LogP) is 2.92. The number of thiazole rings is 2. The SMILES string of the molecule is Cc1nc(C)c(-c2csc(NC3C=CC(C(=O)N4[C@H]5C6CCN(c7ncc(F)c(N8CCOCC8)n7)C7[C@@H]4C675)=CN3)n2)s1. The van der Waals surface area contributed by atoms with Gasteiger partial charge in [0.05, 0.1) is 58.3 Å². The van der Waals surface area contributed by atoms with Crippen LogP contribution in [0.3, 0.4) is 0 Å². The van der Waals surface area contributed by atoms with Crippen LogP contribution in [0, 0.1) is 31.0 Å². The van der Waals surface area contributed by atoms with E-state index >= 15 is 0 Å². The fourth-order valence-electron chi connectivity index (χ4n) is 8.01. The summed E-state index contributed by atoms with van der Waals surface area (Å²) in [6, 6.07) is 0.636. The molecule has 0 radical (unpaired) electrons. The lowest BCUT2D eigenvalue weighted by Crippen LogP contribution is -2.47. The summed E-state index contributed by atoms with van der Waals surface area (Å²) in [5.41, 5.74) is 2.74. The molecule has 0 bridgehead atoms. The van der Waals surface area contributed by atoms with Crippen molar-refractivity contribution in [3.05, 3.63) is 52.0 Å². The summed E-state index contributed by atoms with van der Waals surface area (Å²) < 4.78 is 20.1. The third kappa shape index (κ3) is 3.69. The zero-order chi connectivity index (χ0) is 29.0. The number of rotatable bonds is 6. The number of likely N-dealkylation sites (tertiary alicyclic amines) is 1. The van der Waals surface area contributed by atoms with Gasteiger partial charge in [-0.2, -0.15) is 4.98 Å². The number of halogens is 1. The molecule has 11 nitrogen and oxygen atoms in total. The van der Waals surface area contributed by atoms with Crippen molar-refractivity contribution in [3.63, 3.8) is 0 Å². The van der Waals surface area contributed by atoms with E-state index in [-0.39, 0.29) is 35.6 Å². The molecule has 14 heteroatoms. The number of morpholine rings is 1. The van der Waals surface area contributed by atoms with Crippen LogP contribution in [-0.4, -0.2) is 87.9 Å². The Kier molecular flexibility index (Phi) is 5.52. The molecule has 4 aliphatic heterocycles. The Hall–Kier alpha value is -3.62. The van der Waals surface area contributed by atoms with Crippen LogP contribution in [0.15, 0.2) is 35.5 Å². The van der Waals surface area contributed by atoms with Gasteiger partial charge in [-0.15, -0.1) is 22.7 Å². The smallest absolute Gasteiger partial charge is 0.255 e. The van der Waals surface area contributed by atoms with Gasteiger partial charge in [-0.05, 0) is 38.3 Å².